The molecule has 0 heterocycles. The monoisotopic (exact) mass is 326 g/mol. The van der Waals surface area contributed by atoms with Gasteiger partial charge in [-0.05, 0) is 31.5 Å². The van der Waals surface area contributed by atoms with Crippen molar-refractivity contribution in [3.05, 3.63) is 66.2 Å². The van der Waals surface area contributed by atoms with Gasteiger partial charge in [-0.15, -0.1) is 0 Å². The van der Waals surface area contributed by atoms with E-state index in [0.717, 1.165) is 11.3 Å². The van der Waals surface area contributed by atoms with E-state index in [4.69, 9.17) is 0 Å². The molecule has 4 heteroatoms. The summed E-state index contributed by atoms with van der Waals surface area (Å²) in [7, 11) is 2.01. The van der Waals surface area contributed by atoms with E-state index in [1.807, 2.05) is 67.7 Å². The highest BCUT2D eigenvalue weighted by molar-refractivity contribution is 5.77. The summed E-state index contributed by atoms with van der Waals surface area (Å²) in [5.74, 6) is -0.155. The summed E-state index contributed by atoms with van der Waals surface area (Å²) in [4.78, 5) is 14.3. The Bertz CT molecular complexity index is 641. The molecule has 0 radical (unpaired) electrons. The van der Waals surface area contributed by atoms with Crippen molar-refractivity contribution in [2.45, 2.75) is 31.9 Å². The smallest absolute Gasteiger partial charge is 0.223 e. The van der Waals surface area contributed by atoms with Gasteiger partial charge in [0.05, 0.1) is 12.0 Å². The summed E-state index contributed by atoms with van der Waals surface area (Å²) in [6.07, 6.45) is 0.0405. The molecule has 2 aromatic rings. The average Bonchev–Trinajstić information content (AvgIpc) is 2.60. The van der Waals surface area contributed by atoms with Crippen molar-refractivity contribution >= 4 is 11.6 Å². The topological polar surface area (TPSA) is 52.6 Å². The molecule has 2 unspecified atom stereocenters. The third-order valence-electron chi connectivity index (χ3n) is 4.32. The van der Waals surface area contributed by atoms with Crippen LogP contribution in [0, 0.1) is 0 Å². The van der Waals surface area contributed by atoms with Crippen LogP contribution in [0.25, 0.3) is 0 Å². The van der Waals surface area contributed by atoms with E-state index >= 15 is 0 Å². The zero-order chi connectivity index (χ0) is 17.6. The molecule has 1 amide bonds. The summed E-state index contributed by atoms with van der Waals surface area (Å²) in [6, 6.07) is 19.5. The Morgan fingerprint density at radius 2 is 1.67 bits per heavy atom. The minimum absolute atomic E-state index is 0.0405. The van der Waals surface area contributed by atoms with Crippen molar-refractivity contribution in [1.82, 2.24) is 5.32 Å². The second-order valence-corrected chi connectivity index (χ2v) is 6.42. The number of nitrogens with one attached hydrogen (secondary N) is 1. The van der Waals surface area contributed by atoms with Crippen LogP contribution in [0.1, 0.15) is 25.8 Å². The van der Waals surface area contributed by atoms with Gasteiger partial charge in [0.2, 0.25) is 5.91 Å². The lowest BCUT2D eigenvalue weighted by atomic mass is 9.92. The molecule has 0 aliphatic rings. The molecule has 0 bridgehead atoms. The largest absolute Gasteiger partial charge is 0.385 e. The zero-order valence-corrected chi connectivity index (χ0v) is 14.6. The molecule has 4 nitrogen and oxygen atoms in total. The molecular formula is C20H26N2O2. The van der Waals surface area contributed by atoms with Gasteiger partial charge in [-0.1, -0.05) is 48.5 Å². The Hall–Kier alpha value is -2.33. The van der Waals surface area contributed by atoms with E-state index in [2.05, 4.69) is 17.1 Å². The number of amides is 1. The van der Waals surface area contributed by atoms with Gasteiger partial charge in [-0.2, -0.15) is 0 Å². The first-order valence-corrected chi connectivity index (χ1v) is 8.22. The number of anilines is 1. The van der Waals surface area contributed by atoms with Crippen LogP contribution < -0.4 is 10.2 Å². The first kappa shape index (κ1) is 18.0. The summed E-state index contributed by atoms with van der Waals surface area (Å²) in [5, 5.41) is 13.5. The molecule has 2 rings (SSSR count). The summed E-state index contributed by atoms with van der Waals surface area (Å²) in [5.41, 5.74) is 0.685. The van der Waals surface area contributed by atoms with Crippen LogP contribution >= 0.6 is 0 Å². The number of carbonyl (C=O) groups is 1. The molecule has 0 fully saturated rings. The normalized spacial score (nSPS) is 14.5. The molecule has 0 saturated carbocycles. The number of hydrogen-bond donors (Lipinski definition) is 2. The van der Waals surface area contributed by atoms with Gasteiger partial charge < -0.3 is 15.3 Å². The van der Waals surface area contributed by atoms with E-state index in [-0.39, 0.29) is 18.4 Å². The lowest BCUT2D eigenvalue weighted by Gasteiger charge is -2.28. The van der Waals surface area contributed by atoms with E-state index in [9.17, 15) is 9.90 Å². The Morgan fingerprint density at radius 1 is 1.12 bits per heavy atom. The summed E-state index contributed by atoms with van der Waals surface area (Å²) < 4.78 is 0. The second kappa shape index (κ2) is 7.97. The molecule has 2 atom stereocenters. The highest BCUT2D eigenvalue weighted by Gasteiger charge is 2.26. The van der Waals surface area contributed by atoms with Gasteiger partial charge in [0.25, 0.3) is 0 Å². The fraction of sp³-hybridized carbons (Fsp3) is 0.350. The van der Waals surface area contributed by atoms with Crippen LogP contribution in [-0.2, 0) is 10.4 Å². The fourth-order valence-electron chi connectivity index (χ4n) is 2.59. The Morgan fingerprint density at radius 3 is 2.25 bits per heavy atom. The van der Waals surface area contributed by atoms with Crippen molar-refractivity contribution in [2.24, 2.45) is 0 Å². The Kier molecular flexibility index (Phi) is 5.99. The third kappa shape index (κ3) is 4.83. The quantitative estimate of drug-likeness (QED) is 0.822. The maximum absolute atomic E-state index is 12.2. The molecule has 128 valence electrons. The lowest BCUT2D eigenvalue weighted by molar-refractivity contribution is -0.125. The second-order valence-electron chi connectivity index (χ2n) is 6.42. The highest BCUT2D eigenvalue weighted by atomic mass is 16.3. The number of carbonyl (C=O) groups excluding carboxylic acids is 1. The molecule has 0 spiro atoms. The van der Waals surface area contributed by atoms with Crippen LogP contribution in [0.5, 0.6) is 0 Å². The Balaban J connectivity index is 1.86. The van der Waals surface area contributed by atoms with Gasteiger partial charge >= 0.3 is 0 Å². The van der Waals surface area contributed by atoms with Crippen molar-refractivity contribution in [3.8, 4) is 0 Å². The first-order chi connectivity index (χ1) is 11.4. The van der Waals surface area contributed by atoms with Crippen LogP contribution in [0.15, 0.2) is 60.7 Å². The third-order valence-corrected chi connectivity index (χ3v) is 4.32. The molecule has 0 saturated heterocycles. The van der Waals surface area contributed by atoms with Gasteiger partial charge in [0, 0.05) is 25.3 Å². The first-order valence-electron chi connectivity index (χ1n) is 8.22. The fourth-order valence-corrected chi connectivity index (χ4v) is 2.59. The molecular weight excluding hydrogens is 300 g/mol. The average molecular weight is 326 g/mol. The van der Waals surface area contributed by atoms with E-state index in [1.54, 1.807) is 6.92 Å². The maximum atomic E-state index is 12.2. The van der Waals surface area contributed by atoms with Gasteiger partial charge in [-0.3, -0.25) is 4.79 Å². The van der Waals surface area contributed by atoms with Crippen LogP contribution in [0.2, 0.25) is 0 Å². The minimum Gasteiger partial charge on any atom is -0.385 e. The number of para-hydroxylation sites is 1. The van der Waals surface area contributed by atoms with Crippen LogP contribution in [0.4, 0.5) is 5.69 Å². The highest BCUT2D eigenvalue weighted by Crippen LogP contribution is 2.23. The van der Waals surface area contributed by atoms with Crippen LogP contribution in [-0.4, -0.2) is 30.6 Å². The lowest BCUT2D eigenvalue weighted by Crippen LogP contribution is -2.42. The number of aliphatic hydroxyl groups is 1. The molecule has 24 heavy (non-hydrogen) atoms. The van der Waals surface area contributed by atoms with Crippen molar-refractivity contribution in [2.75, 3.05) is 18.5 Å². The number of rotatable bonds is 7. The van der Waals surface area contributed by atoms with E-state index in [0.29, 0.717) is 6.54 Å². The Labute approximate surface area is 144 Å². The predicted octanol–water partition coefficient (Wildman–Crippen LogP) is 2.93. The standard InChI is InChI=1S/C20H26N2O2/c1-16(22(3)18-12-8-5-9-13-18)15-21-19(23)14-20(2,24)17-10-6-4-7-11-17/h4-13,16,24H,14-15H2,1-3H3,(H,21,23). The van der Waals surface area contributed by atoms with E-state index in [1.165, 1.54) is 0 Å². The minimum atomic E-state index is -1.17. The van der Waals surface area contributed by atoms with E-state index < -0.39 is 5.60 Å². The van der Waals surface area contributed by atoms with Gasteiger partial charge in [0.15, 0.2) is 0 Å². The SMILES string of the molecule is CC(CNC(=O)CC(C)(O)c1ccccc1)N(C)c1ccccc1. The van der Waals surface area contributed by atoms with Crippen molar-refractivity contribution < 1.29 is 9.90 Å². The molecule has 2 aromatic carbocycles. The van der Waals surface area contributed by atoms with Crippen LogP contribution in [0.3, 0.4) is 0 Å². The zero-order valence-electron chi connectivity index (χ0n) is 14.6. The molecule has 0 aliphatic heterocycles. The molecule has 0 aliphatic carbocycles. The number of nitrogens with zero attached hydrogens (tertiary/aromatic N) is 1. The number of benzene rings is 2. The van der Waals surface area contributed by atoms with Gasteiger partial charge in [0.1, 0.15) is 0 Å². The number of likely N-dealkylation sites (N-methyl/N-ethyl adjacent to an activating group) is 1. The van der Waals surface area contributed by atoms with Gasteiger partial charge in [-0.25, -0.2) is 0 Å². The predicted molar refractivity (Wildman–Crippen MR) is 97.9 cm³/mol. The summed E-state index contributed by atoms with van der Waals surface area (Å²) in [6.45, 7) is 4.25. The van der Waals surface area contributed by atoms with Crippen molar-refractivity contribution in [1.29, 1.82) is 0 Å². The molecule has 2 N–H and O–H groups in total. The molecule has 0 aromatic heterocycles. The summed E-state index contributed by atoms with van der Waals surface area (Å²) >= 11 is 0. The maximum Gasteiger partial charge on any atom is 0.223 e. The number of hydrogen-bond acceptors (Lipinski definition) is 3. The van der Waals surface area contributed by atoms with Crippen molar-refractivity contribution in [3.63, 3.8) is 0 Å².